The molecule has 1 N–H and O–H groups in total. The summed E-state index contributed by atoms with van der Waals surface area (Å²) >= 11 is 6.02. The van der Waals surface area contributed by atoms with Gasteiger partial charge in [-0.15, -0.1) is 0 Å². The van der Waals surface area contributed by atoms with Crippen molar-refractivity contribution in [1.82, 2.24) is 19.6 Å². The molecule has 33 heavy (non-hydrogen) atoms. The van der Waals surface area contributed by atoms with Crippen LogP contribution in [-0.4, -0.2) is 95.8 Å². The molecule has 2 heterocycles. The molecule has 9 heteroatoms. The normalized spacial score (nSPS) is 21.2. The molecule has 0 radical (unpaired) electrons. The number of benzene rings is 1. The van der Waals surface area contributed by atoms with Crippen LogP contribution in [0.2, 0.25) is 5.02 Å². The van der Waals surface area contributed by atoms with Gasteiger partial charge in [0.05, 0.1) is 6.04 Å². The molecule has 4 amide bonds. The molecular formula is C24H34ClN5O3. The van der Waals surface area contributed by atoms with E-state index in [9.17, 15) is 14.4 Å². The van der Waals surface area contributed by atoms with Crippen LogP contribution in [0.15, 0.2) is 24.3 Å². The van der Waals surface area contributed by atoms with E-state index in [2.05, 4.69) is 10.2 Å². The molecular weight excluding hydrogens is 442 g/mol. The Kier molecular flexibility index (Phi) is 7.75. The molecule has 1 aromatic carbocycles. The van der Waals surface area contributed by atoms with Crippen molar-refractivity contribution in [3.63, 3.8) is 0 Å². The first-order valence-electron chi connectivity index (χ1n) is 12.0. The van der Waals surface area contributed by atoms with Crippen LogP contribution in [0.25, 0.3) is 0 Å². The van der Waals surface area contributed by atoms with Gasteiger partial charge in [0, 0.05) is 70.0 Å². The van der Waals surface area contributed by atoms with Gasteiger partial charge in [-0.3, -0.25) is 14.5 Å². The molecule has 1 aliphatic carbocycles. The molecule has 3 fully saturated rings. The first-order chi connectivity index (χ1) is 15.9. The quantitative estimate of drug-likeness (QED) is 0.726. The summed E-state index contributed by atoms with van der Waals surface area (Å²) in [6, 6.07) is 6.87. The van der Waals surface area contributed by atoms with Gasteiger partial charge in [-0.05, 0) is 37.0 Å². The third-order valence-electron chi connectivity index (χ3n) is 7.21. The van der Waals surface area contributed by atoms with E-state index in [0.29, 0.717) is 69.0 Å². The highest BCUT2D eigenvalue weighted by atomic mass is 35.5. The van der Waals surface area contributed by atoms with Crippen molar-refractivity contribution in [2.45, 2.75) is 38.6 Å². The lowest BCUT2D eigenvalue weighted by molar-refractivity contribution is -0.144. The molecule has 180 valence electrons. The molecule has 0 spiro atoms. The van der Waals surface area contributed by atoms with Crippen molar-refractivity contribution < 1.29 is 14.4 Å². The minimum Gasteiger partial charge on any atom is -0.339 e. The average Bonchev–Trinajstić information content (AvgIpc) is 3.34. The maximum atomic E-state index is 13.6. The van der Waals surface area contributed by atoms with Gasteiger partial charge in [-0.25, -0.2) is 4.79 Å². The van der Waals surface area contributed by atoms with Crippen LogP contribution < -0.4 is 5.32 Å². The Balaban J connectivity index is 1.36. The summed E-state index contributed by atoms with van der Waals surface area (Å²) < 4.78 is 0. The molecule has 2 saturated heterocycles. The fourth-order valence-corrected chi connectivity index (χ4v) is 5.52. The Morgan fingerprint density at radius 1 is 0.909 bits per heavy atom. The van der Waals surface area contributed by atoms with Gasteiger partial charge in [0.2, 0.25) is 11.8 Å². The summed E-state index contributed by atoms with van der Waals surface area (Å²) in [6.07, 6.45) is 4.52. The van der Waals surface area contributed by atoms with E-state index < -0.39 is 0 Å². The number of urea groups is 1. The lowest BCUT2D eigenvalue weighted by Crippen LogP contribution is -2.61. The first kappa shape index (κ1) is 23.8. The summed E-state index contributed by atoms with van der Waals surface area (Å²) in [6.45, 7) is 6.54. The number of nitrogens with one attached hydrogen (secondary N) is 1. The number of carbonyl (C=O) groups excluding carboxylic acids is 3. The number of carbonyl (C=O) groups is 3. The van der Waals surface area contributed by atoms with Gasteiger partial charge in [0.1, 0.15) is 0 Å². The van der Waals surface area contributed by atoms with E-state index in [1.165, 1.54) is 12.8 Å². The van der Waals surface area contributed by atoms with Gasteiger partial charge < -0.3 is 20.0 Å². The number of amides is 4. The lowest BCUT2D eigenvalue weighted by Gasteiger charge is -2.43. The smallest absolute Gasteiger partial charge is 0.321 e. The van der Waals surface area contributed by atoms with E-state index in [1.54, 1.807) is 24.0 Å². The number of rotatable bonds is 4. The van der Waals surface area contributed by atoms with E-state index in [-0.39, 0.29) is 23.9 Å². The fraction of sp³-hybridized carbons (Fsp3) is 0.625. The number of piperazine rings is 2. The Bertz CT molecular complexity index is 859. The standard InChI is InChI=1S/C24H34ClN5O3/c1-18(31)27-9-13-29(14-10-27)23(32)22(19-5-2-3-6-19)28-11-15-30(16-12-28)24(33)26-21-8-4-7-20(25)17-21/h4,7-8,17,19,22H,2-3,5-6,9-16H2,1H3,(H,26,33)/t22-/m0/s1. The van der Waals surface area contributed by atoms with Crippen LogP contribution in [0, 0.1) is 5.92 Å². The molecule has 1 aromatic rings. The minimum atomic E-state index is -0.138. The summed E-state index contributed by atoms with van der Waals surface area (Å²) in [5.74, 6) is 0.638. The number of hydrogen-bond acceptors (Lipinski definition) is 4. The Labute approximate surface area is 200 Å². The summed E-state index contributed by atoms with van der Waals surface area (Å²) in [4.78, 5) is 45.9. The van der Waals surface area contributed by atoms with E-state index in [0.717, 1.165) is 12.8 Å². The highest BCUT2D eigenvalue weighted by Crippen LogP contribution is 2.32. The Hall–Kier alpha value is -2.32. The lowest BCUT2D eigenvalue weighted by atomic mass is 9.94. The van der Waals surface area contributed by atoms with Crippen molar-refractivity contribution >= 4 is 35.1 Å². The van der Waals surface area contributed by atoms with Crippen molar-refractivity contribution in [3.8, 4) is 0 Å². The van der Waals surface area contributed by atoms with Crippen LogP contribution >= 0.6 is 11.6 Å². The molecule has 0 unspecified atom stereocenters. The van der Waals surface area contributed by atoms with E-state index in [1.807, 2.05) is 21.9 Å². The zero-order valence-electron chi connectivity index (χ0n) is 19.3. The van der Waals surface area contributed by atoms with Gasteiger partial charge in [0.15, 0.2) is 0 Å². The molecule has 0 aromatic heterocycles. The Morgan fingerprint density at radius 2 is 1.52 bits per heavy atom. The predicted octanol–water partition coefficient (Wildman–Crippen LogP) is 2.74. The molecule has 3 aliphatic rings. The average molecular weight is 476 g/mol. The van der Waals surface area contributed by atoms with Gasteiger partial charge in [-0.2, -0.15) is 0 Å². The topological polar surface area (TPSA) is 76.2 Å². The maximum Gasteiger partial charge on any atom is 0.321 e. The van der Waals surface area contributed by atoms with Crippen LogP contribution in [0.4, 0.5) is 10.5 Å². The number of halogens is 1. The first-order valence-corrected chi connectivity index (χ1v) is 12.4. The largest absolute Gasteiger partial charge is 0.339 e. The Morgan fingerprint density at radius 3 is 2.12 bits per heavy atom. The second-order valence-electron chi connectivity index (χ2n) is 9.28. The highest BCUT2D eigenvalue weighted by molar-refractivity contribution is 6.30. The predicted molar refractivity (Wildman–Crippen MR) is 128 cm³/mol. The van der Waals surface area contributed by atoms with Crippen molar-refractivity contribution in [3.05, 3.63) is 29.3 Å². The summed E-state index contributed by atoms with van der Waals surface area (Å²) in [7, 11) is 0. The highest BCUT2D eigenvalue weighted by Gasteiger charge is 2.40. The summed E-state index contributed by atoms with van der Waals surface area (Å²) in [5, 5.41) is 3.50. The number of nitrogens with zero attached hydrogens (tertiary/aromatic N) is 4. The van der Waals surface area contributed by atoms with Crippen LogP contribution in [0.1, 0.15) is 32.6 Å². The minimum absolute atomic E-state index is 0.0709. The number of hydrogen-bond donors (Lipinski definition) is 1. The summed E-state index contributed by atoms with van der Waals surface area (Å²) in [5.41, 5.74) is 0.679. The van der Waals surface area contributed by atoms with Crippen LogP contribution in [0.3, 0.4) is 0 Å². The second kappa shape index (κ2) is 10.7. The van der Waals surface area contributed by atoms with Gasteiger partial charge >= 0.3 is 6.03 Å². The monoisotopic (exact) mass is 475 g/mol. The van der Waals surface area contributed by atoms with Crippen molar-refractivity contribution in [1.29, 1.82) is 0 Å². The molecule has 1 atom stereocenters. The van der Waals surface area contributed by atoms with E-state index in [4.69, 9.17) is 11.6 Å². The maximum absolute atomic E-state index is 13.6. The zero-order chi connectivity index (χ0) is 23.4. The van der Waals surface area contributed by atoms with Gasteiger partial charge in [-0.1, -0.05) is 30.5 Å². The fourth-order valence-electron chi connectivity index (χ4n) is 5.33. The molecule has 0 bridgehead atoms. The third-order valence-corrected chi connectivity index (χ3v) is 7.44. The number of anilines is 1. The van der Waals surface area contributed by atoms with Crippen molar-refractivity contribution in [2.24, 2.45) is 5.92 Å². The van der Waals surface area contributed by atoms with Crippen molar-refractivity contribution in [2.75, 3.05) is 57.7 Å². The zero-order valence-corrected chi connectivity index (χ0v) is 20.1. The molecule has 2 aliphatic heterocycles. The van der Waals surface area contributed by atoms with Gasteiger partial charge in [0.25, 0.3) is 0 Å². The van der Waals surface area contributed by atoms with Crippen LogP contribution in [-0.2, 0) is 9.59 Å². The van der Waals surface area contributed by atoms with Crippen LogP contribution in [0.5, 0.6) is 0 Å². The van der Waals surface area contributed by atoms with E-state index >= 15 is 0 Å². The molecule has 1 saturated carbocycles. The SMILES string of the molecule is CC(=O)N1CCN(C(=O)[C@H](C2CCCC2)N2CCN(C(=O)Nc3cccc(Cl)c3)CC2)CC1. The molecule has 4 rings (SSSR count). The third kappa shape index (κ3) is 5.79. The molecule has 8 nitrogen and oxygen atoms in total. The second-order valence-corrected chi connectivity index (χ2v) is 9.72.